The number of aliphatic hydroxyl groups is 2. The fourth-order valence-corrected chi connectivity index (χ4v) is 11.4. The molecule has 266 valence electrons. The van der Waals surface area contributed by atoms with Crippen LogP contribution >= 0.6 is 11.8 Å². The van der Waals surface area contributed by atoms with Crippen molar-refractivity contribution in [2.24, 2.45) is 34.0 Å². The number of carbonyl (C=O) groups is 3. The number of benzene rings is 1. The van der Waals surface area contributed by atoms with Crippen molar-refractivity contribution in [1.29, 1.82) is 0 Å². The number of rotatable bonds is 8. The predicted molar refractivity (Wildman–Crippen MR) is 175 cm³/mol. The predicted octanol–water partition coefficient (Wildman–Crippen LogP) is 4.62. The van der Waals surface area contributed by atoms with E-state index in [1.807, 2.05) is 0 Å². The van der Waals surface area contributed by atoms with Gasteiger partial charge in [-0.05, 0) is 84.5 Å². The normalized spacial score (nSPS) is 37.9. The number of amides is 2. The second kappa shape index (κ2) is 11.9. The summed E-state index contributed by atoms with van der Waals surface area (Å²) in [5.74, 6) is -3.58. The van der Waals surface area contributed by atoms with Gasteiger partial charge in [-0.2, -0.15) is 0 Å². The van der Waals surface area contributed by atoms with Gasteiger partial charge in [-0.25, -0.2) is 8.78 Å². The van der Waals surface area contributed by atoms with Crippen LogP contribution in [0.15, 0.2) is 41.5 Å². The molecule has 1 aromatic carbocycles. The molecule has 7 aliphatic rings. The Labute approximate surface area is 292 Å². The second-order valence-electron chi connectivity index (χ2n) is 15.5. The monoisotopic (exact) mass is 710 g/mol. The molecule has 11 nitrogen and oxygen atoms in total. The van der Waals surface area contributed by atoms with E-state index in [9.17, 15) is 33.4 Å². The number of halogens is 2. The van der Waals surface area contributed by atoms with Gasteiger partial charge in [-0.15, -0.1) is 5.10 Å². The van der Waals surface area contributed by atoms with Gasteiger partial charge in [0, 0.05) is 23.8 Å². The fraction of sp³-hybridized carbons (Fsp3) is 0.583. The minimum atomic E-state index is -1.20. The highest BCUT2D eigenvalue weighted by Gasteiger charge is 2.81. The summed E-state index contributed by atoms with van der Waals surface area (Å²) in [5, 5.41) is 31.1. The lowest BCUT2D eigenvalue weighted by molar-refractivity contribution is -0.402. The number of aliphatic hydroxyl groups excluding tert-OH is 2. The molecule has 1 aromatic heterocycles. The standard InChI is InChI=1S/C36H40F2N4O7S/c1-18-21-14-24(43)28-35-9-4-8-34(2,3)26(35)15-27(36(28,29(18)44)30(21)45)49-32(35)48-11-5-10-41-16-20(39-40-41)17-42-31(46)25(50-33(42)47)13-19-6-7-22(37)23(38)12-19/h6-7,12-13,16,21,24,26-28,30,32,43,45H,1,4-5,8-11,14-15,17H2,2-3H3/b25-13-/t21-,24-,26+,27+,28-,30+,32-,35-,36+/m0/s1. The quantitative estimate of drug-likeness (QED) is 0.294. The Kier molecular flexibility index (Phi) is 8.03. The highest BCUT2D eigenvalue weighted by Crippen LogP contribution is 2.75. The minimum absolute atomic E-state index is 0.0626. The highest BCUT2D eigenvalue weighted by molar-refractivity contribution is 8.18. The summed E-state index contributed by atoms with van der Waals surface area (Å²) in [5.41, 5.74) is -0.849. The van der Waals surface area contributed by atoms with Crippen LogP contribution in [0.25, 0.3) is 6.08 Å². The molecule has 2 aromatic rings. The van der Waals surface area contributed by atoms with Crippen molar-refractivity contribution in [3.05, 3.63) is 64.3 Å². The van der Waals surface area contributed by atoms with Crippen LogP contribution in [0.1, 0.15) is 63.6 Å². The zero-order chi connectivity index (χ0) is 35.3. The van der Waals surface area contributed by atoms with E-state index in [0.717, 1.165) is 36.3 Å². The molecule has 4 aliphatic carbocycles. The molecule has 4 heterocycles. The van der Waals surface area contributed by atoms with E-state index in [2.05, 4.69) is 30.7 Å². The van der Waals surface area contributed by atoms with Gasteiger partial charge in [0.1, 0.15) is 5.69 Å². The van der Waals surface area contributed by atoms with Gasteiger partial charge in [-0.1, -0.05) is 38.1 Å². The average Bonchev–Trinajstić information content (AvgIpc) is 3.66. The summed E-state index contributed by atoms with van der Waals surface area (Å²) in [6, 6.07) is 3.24. The molecule has 50 heavy (non-hydrogen) atoms. The molecule has 0 unspecified atom stereocenters. The molecule has 2 N–H and O–H groups in total. The Balaban J connectivity index is 0.935. The molecule has 2 amide bonds. The number of carbonyl (C=O) groups excluding carboxylic acids is 3. The van der Waals surface area contributed by atoms with Crippen molar-refractivity contribution < 1.29 is 42.9 Å². The maximum Gasteiger partial charge on any atom is 0.293 e. The first kappa shape index (κ1) is 33.8. The van der Waals surface area contributed by atoms with Gasteiger partial charge in [-0.3, -0.25) is 24.0 Å². The summed E-state index contributed by atoms with van der Waals surface area (Å²) in [4.78, 5) is 40.6. The lowest BCUT2D eigenvalue weighted by Gasteiger charge is -2.72. The largest absolute Gasteiger partial charge is 0.393 e. The first-order valence-electron chi connectivity index (χ1n) is 17.2. The Morgan fingerprint density at radius 2 is 1.96 bits per heavy atom. The van der Waals surface area contributed by atoms with Crippen molar-refractivity contribution in [2.75, 3.05) is 6.61 Å². The maximum absolute atomic E-state index is 13.9. The Morgan fingerprint density at radius 1 is 1.16 bits per heavy atom. The molecule has 0 radical (unpaired) electrons. The van der Waals surface area contributed by atoms with Crippen LogP contribution in [0.2, 0.25) is 0 Å². The molecule has 3 saturated heterocycles. The molecule has 9 rings (SSSR count). The van der Waals surface area contributed by atoms with Gasteiger partial charge < -0.3 is 19.7 Å². The number of ether oxygens (including phenoxy) is 2. The lowest BCUT2D eigenvalue weighted by Crippen LogP contribution is -2.78. The van der Waals surface area contributed by atoms with Crippen LogP contribution in [0.5, 0.6) is 0 Å². The third kappa shape index (κ3) is 4.78. The van der Waals surface area contributed by atoms with E-state index < -0.39 is 70.0 Å². The molecular weight excluding hydrogens is 670 g/mol. The van der Waals surface area contributed by atoms with E-state index in [1.165, 1.54) is 12.1 Å². The van der Waals surface area contributed by atoms with Crippen LogP contribution in [0.3, 0.4) is 0 Å². The molecule has 2 spiro atoms. The molecule has 4 bridgehead atoms. The third-order valence-electron chi connectivity index (χ3n) is 12.5. The van der Waals surface area contributed by atoms with Crippen LogP contribution in [0.4, 0.5) is 13.6 Å². The van der Waals surface area contributed by atoms with Crippen LogP contribution in [0, 0.1) is 45.6 Å². The second-order valence-corrected chi connectivity index (χ2v) is 16.5. The van der Waals surface area contributed by atoms with Gasteiger partial charge in [0.15, 0.2) is 23.7 Å². The van der Waals surface area contributed by atoms with Crippen LogP contribution in [-0.2, 0) is 32.2 Å². The van der Waals surface area contributed by atoms with Crippen molar-refractivity contribution >= 4 is 34.8 Å². The molecule has 9 atom stereocenters. The summed E-state index contributed by atoms with van der Waals surface area (Å²) in [6.45, 7) is 9.19. The molecule has 14 heteroatoms. The zero-order valence-corrected chi connectivity index (χ0v) is 28.7. The van der Waals surface area contributed by atoms with E-state index >= 15 is 0 Å². The molecule has 4 saturated carbocycles. The van der Waals surface area contributed by atoms with Crippen LogP contribution in [-0.4, -0.2) is 78.2 Å². The zero-order valence-electron chi connectivity index (χ0n) is 27.9. The smallest absolute Gasteiger partial charge is 0.293 e. The number of imide groups is 1. The number of ketones is 1. The van der Waals surface area contributed by atoms with E-state index in [4.69, 9.17) is 9.47 Å². The minimum Gasteiger partial charge on any atom is -0.393 e. The van der Waals surface area contributed by atoms with Crippen molar-refractivity contribution in [1.82, 2.24) is 19.9 Å². The van der Waals surface area contributed by atoms with E-state index in [0.29, 0.717) is 55.4 Å². The maximum atomic E-state index is 13.9. The fourth-order valence-electron chi connectivity index (χ4n) is 10.6. The van der Waals surface area contributed by atoms with Crippen LogP contribution < -0.4 is 0 Å². The Bertz CT molecular complexity index is 1830. The first-order valence-corrected chi connectivity index (χ1v) is 18.1. The first-order chi connectivity index (χ1) is 23.8. The number of aryl methyl sites for hydroxylation is 1. The van der Waals surface area contributed by atoms with Gasteiger partial charge >= 0.3 is 0 Å². The van der Waals surface area contributed by atoms with E-state index in [-0.39, 0.29) is 34.1 Å². The molecule has 3 aliphatic heterocycles. The Morgan fingerprint density at radius 3 is 2.74 bits per heavy atom. The highest BCUT2D eigenvalue weighted by atomic mass is 32.2. The Hall–Kier alpha value is -3.30. The number of nitrogens with zero attached hydrogens (tertiary/aromatic N) is 4. The summed E-state index contributed by atoms with van der Waals surface area (Å²) >= 11 is 0.712. The number of thioether (sulfide) groups is 1. The number of hydrogen-bond acceptors (Lipinski definition) is 10. The number of Topliss-reactive ketones (excluding diaryl/α,β-unsaturated/α-hetero) is 1. The van der Waals surface area contributed by atoms with Gasteiger partial charge in [0.25, 0.3) is 11.1 Å². The van der Waals surface area contributed by atoms with Crippen molar-refractivity contribution in [3.8, 4) is 0 Å². The summed E-state index contributed by atoms with van der Waals surface area (Å²) in [7, 11) is 0. The average molecular weight is 711 g/mol. The topological polar surface area (TPSA) is 144 Å². The number of fused-ring (bicyclic) bond motifs is 2. The lowest BCUT2D eigenvalue weighted by atomic mass is 9.37. The number of hydrogen-bond donors (Lipinski definition) is 2. The summed E-state index contributed by atoms with van der Waals surface area (Å²) in [6.07, 6.45) is 4.18. The third-order valence-corrected chi connectivity index (χ3v) is 13.4. The SMILES string of the molecule is C=C1C(=O)[C@]23[C@H](O)[C@H]1C[C@H](O)[C@H]2[C@]12CCCC(C)(C)[C@H]1C[C@H]3O[C@@H]2OCCCn1cc(CN2C(=O)S/C(=C\c3ccc(F)c(F)c3)C2=O)nn1. The van der Waals surface area contributed by atoms with Crippen molar-refractivity contribution in [2.45, 2.75) is 90.1 Å². The summed E-state index contributed by atoms with van der Waals surface area (Å²) < 4.78 is 41.8. The molecular formula is C36H40F2N4O7S. The number of aromatic nitrogens is 3. The van der Waals surface area contributed by atoms with Gasteiger partial charge in [0.05, 0.1) is 48.0 Å². The van der Waals surface area contributed by atoms with E-state index in [1.54, 1.807) is 10.9 Å². The van der Waals surface area contributed by atoms with Crippen molar-refractivity contribution in [3.63, 3.8) is 0 Å². The van der Waals surface area contributed by atoms with Gasteiger partial charge in [0.2, 0.25) is 0 Å². The molecule has 7 fully saturated rings.